The van der Waals surface area contributed by atoms with Gasteiger partial charge in [-0.15, -0.1) is 0 Å². The maximum atomic E-state index is 13.0. The number of nitrogens with zero attached hydrogens (tertiary/aromatic N) is 3. The molecule has 1 aliphatic carbocycles. The molecule has 1 fully saturated rings. The Labute approximate surface area is 219 Å². The van der Waals surface area contributed by atoms with Crippen molar-refractivity contribution in [1.82, 2.24) is 15.3 Å². The monoisotopic (exact) mass is 518 g/mol. The number of carbonyl (C=O) groups is 1. The van der Waals surface area contributed by atoms with Gasteiger partial charge in [0, 0.05) is 43.5 Å². The number of aromatic nitrogens is 2. The molecule has 1 N–H and O–H groups in total. The zero-order valence-electron chi connectivity index (χ0n) is 21.6. The molecule has 2 heterocycles. The normalized spacial score (nSPS) is 17.5. The summed E-state index contributed by atoms with van der Waals surface area (Å²) in [7, 11) is -3.24. The fourth-order valence-electron chi connectivity index (χ4n) is 4.96. The highest BCUT2D eigenvalue weighted by molar-refractivity contribution is 7.91. The van der Waals surface area contributed by atoms with E-state index in [0.717, 1.165) is 23.6 Å². The largest absolute Gasteiger partial charge is 0.348 e. The third-order valence-electron chi connectivity index (χ3n) is 7.49. The topological polar surface area (TPSA) is 92.3 Å². The summed E-state index contributed by atoms with van der Waals surface area (Å²) in [6, 6.07) is 12.7. The number of anilines is 1. The molecule has 0 radical (unpaired) electrons. The molecule has 1 aliphatic heterocycles. The number of fused-ring (bicyclic) bond motifs is 1. The van der Waals surface area contributed by atoms with Crippen molar-refractivity contribution in [1.29, 1.82) is 0 Å². The minimum atomic E-state index is -3.24. The molecule has 194 valence electrons. The third-order valence-corrected chi connectivity index (χ3v) is 9.24. The Morgan fingerprint density at radius 3 is 2.41 bits per heavy atom. The SMILES string of the molecule is CCS(=O)(=O)c1ccc(CNC(=O)c2ccc3c(c2)CN(c2ncc(C4CC4)cn2)C[C@@H]3C(C)C)cc1. The number of carbonyl (C=O) groups excluding carboxylic acids is 1. The van der Waals surface area contributed by atoms with E-state index in [9.17, 15) is 13.2 Å². The van der Waals surface area contributed by atoms with Crippen molar-refractivity contribution in [3.8, 4) is 0 Å². The summed E-state index contributed by atoms with van der Waals surface area (Å²) in [5.41, 5.74) is 5.09. The molecule has 1 aromatic heterocycles. The Bertz CT molecular complexity index is 1380. The molecule has 1 saturated carbocycles. The molecule has 5 rings (SSSR count). The number of nitrogens with one attached hydrogen (secondary N) is 1. The molecule has 0 saturated heterocycles. The summed E-state index contributed by atoms with van der Waals surface area (Å²) in [5, 5.41) is 2.97. The van der Waals surface area contributed by atoms with Gasteiger partial charge in [-0.3, -0.25) is 4.79 Å². The van der Waals surface area contributed by atoms with Crippen LogP contribution in [0.2, 0.25) is 0 Å². The standard InChI is InChI=1S/C29H34N4O3S/c1-4-37(35,36)25-10-5-20(6-11-25)14-30-28(34)22-9-12-26-23(13-22)17-33(18-27(26)19(2)3)29-31-15-24(16-32-29)21-7-8-21/h5-6,9-13,15-16,19,21,27H,4,7-8,14,17-18H2,1-3H3,(H,30,34)/t27-/m1/s1. The summed E-state index contributed by atoms with van der Waals surface area (Å²) in [4.78, 5) is 24.9. The van der Waals surface area contributed by atoms with Crippen LogP contribution in [0.3, 0.4) is 0 Å². The maximum absolute atomic E-state index is 13.0. The molecular weight excluding hydrogens is 484 g/mol. The zero-order valence-corrected chi connectivity index (χ0v) is 22.5. The summed E-state index contributed by atoms with van der Waals surface area (Å²) in [6.45, 7) is 7.92. The molecule has 7 nitrogen and oxygen atoms in total. The van der Waals surface area contributed by atoms with Gasteiger partial charge in [0.1, 0.15) is 0 Å². The van der Waals surface area contributed by atoms with E-state index in [4.69, 9.17) is 0 Å². The molecule has 1 atom stereocenters. The van der Waals surface area contributed by atoms with Crippen LogP contribution in [-0.4, -0.2) is 36.6 Å². The smallest absolute Gasteiger partial charge is 0.251 e. The van der Waals surface area contributed by atoms with Crippen LogP contribution in [-0.2, 0) is 22.9 Å². The second-order valence-corrected chi connectivity index (χ2v) is 12.7. The summed E-state index contributed by atoms with van der Waals surface area (Å²) < 4.78 is 24.0. The van der Waals surface area contributed by atoms with Crippen molar-refractivity contribution in [2.45, 2.75) is 63.4 Å². The van der Waals surface area contributed by atoms with Gasteiger partial charge in [0.15, 0.2) is 9.84 Å². The average Bonchev–Trinajstić information content (AvgIpc) is 3.77. The second kappa shape index (κ2) is 10.2. The maximum Gasteiger partial charge on any atom is 0.251 e. The Balaban J connectivity index is 1.30. The molecule has 37 heavy (non-hydrogen) atoms. The molecule has 0 unspecified atom stereocenters. The first-order valence-corrected chi connectivity index (χ1v) is 14.7. The number of hydrogen-bond donors (Lipinski definition) is 1. The predicted octanol–water partition coefficient (Wildman–Crippen LogP) is 4.84. The first kappa shape index (κ1) is 25.4. The van der Waals surface area contributed by atoms with Crippen LogP contribution in [0.25, 0.3) is 0 Å². The minimum absolute atomic E-state index is 0.0639. The number of hydrogen-bond acceptors (Lipinski definition) is 6. The van der Waals surface area contributed by atoms with E-state index in [-0.39, 0.29) is 11.7 Å². The quantitative estimate of drug-likeness (QED) is 0.459. The van der Waals surface area contributed by atoms with Gasteiger partial charge in [-0.25, -0.2) is 18.4 Å². The van der Waals surface area contributed by atoms with E-state index in [1.165, 1.54) is 24.0 Å². The lowest BCUT2D eigenvalue weighted by Gasteiger charge is -2.37. The van der Waals surface area contributed by atoms with Crippen LogP contribution in [0, 0.1) is 5.92 Å². The van der Waals surface area contributed by atoms with Crippen LogP contribution < -0.4 is 10.2 Å². The van der Waals surface area contributed by atoms with Crippen LogP contribution in [0.1, 0.15) is 78.1 Å². The molecular formula is C29H34N4O3S. The van der Waals surface area contributed by atoms with E-state index in [2.05, 4.69) is 40.1 Å². The van der Waals surface area contributed by atoms with Crippen LogP contribution in [0.4, 0.5) is 5.95 Å². The number of rotatable bonds is 8. The van der Waals surface area contributed by atoms with Crippen molar-refractivity contribution < 1.29 is 13.2 Å². The molecule has 2 aliphatic rings. The number of benzene rings is 2. The Kier molecular flexibility index (Phi) is 7.03. The van der Waals surface area contributed by atoms with Gasteiger partial charge in [0.2, 0.25) is 5.95 Å². The van der Waals surface area contributed by atoms with E-state index >= 15 is 0 Å². The van der Waals surface area contributed by atoms with Crippen molar-refractivity contribution in [3.05, 3.63) is 82.7 Å². The number of sulfone groups is 1. The van der Waals surface area contributed by atoms with Crippen LogP contribution >= 0.6 is 0 Å². The van der Waals surface area contributed by atoms with Gasteiger partial charge in [-0.2, -0.15) is 0 Å². The van der Waals surface area contributed by atoms with Crippen LogP contribution in [0.5, 0.6) is 0 Å². The van der Waals surface area contributed by atoms with Crippen molar-refractivity contribution in [3.63, 3.8) is 0 Å². The van der Waals surface area contributed by atoms with E-state index in [0.29, 0.717) is 41.3 Å². The molecule has 8 heteroatoms. The predicted molar refractivity (Wildman–Crippen MR) is 144 cm³/mol. The number of amides is 1. The average molecular weight is 519 g/mol. The third kappa shape index (κ3) is 5.54. The van der Waals surface area contributed by atoms with Crippen molar-refractivity contribution >= 4 is 21.7 Å². The second-order valence-electron chi connectivity index (χ2n) is 10.5. The molecule has 1 amide bonds. The Morgan fingerprint density at radius 1 is 1.08 bits per heavy atom. The molecule has 2 aromatic carbocycles. The lowest BCUT2D eigenvalue weighted by atomic mass is 9.82. The van der Waals surface area contributed by atoms with Crippen molar-refractivity contribution in [2.24, 2.45) is 5.92 Å². The van der Waals surface area contributed by atoms with E-state index in [1.54, 1.807) is 31.2 Å². The lowest BCUT2D eigenvalue weighted by Crippen LogP contribution is -2.37. The Morgan fingerprint density at radius 2 is 1.78 bits per heavy atom. The first-order chi connectivity index (χ1) is 17.7. The van der Waals surface area contributed by atoms with E-state index in [1.807, 2.05) is 24.5 Å². The summed E-state index contributed by atoms with van der Waals surface area (Å²) in [5.74, 6) is 2.04. The van der Waals surface area contributed by atoms with Crippen LogP contribution in [0.15, 0.2) is 59.8 Å². The highest BCUT2D eigenvalue weighted by atomic mass is 32.2. The summed E-state index contributed by atoms with van der Waals surface area (Å²) >= 11 is 0. The molecule has 3 aromatic rings. The van der Waals surface area contributed by atoms with Crippen molar-refractivity contribution in [2.75, 3.05) is 17.2 Å². The molecule has 0 spiro atoms. The van der Waals surface area contributed by atoms with Gasteiger partial charge >= 0.3 is 0 Å². The van der Waals surface area contributed by atoms with Gasteiger partial charge in [0.25, 0.3) is 5.91 Å². The fourth-order valence-corrected chi connectivity index (χ4v) is 5.85. The summed E-state index contributed by atoms with van der Waals surface area (Å²) in [6.07, 6.45) is 6.39. The Hall–Kier alpha value is -3.26. The van der Waals surface area contributed by atoms with Gasteiger partial charge in [-0.05, 0) is 71.2 Å². The van der Waals surface area contributed by atoms with Gasteiger partial charge in [0.05, 0.1) is 10.6 Å². The zero-order chi connectivity index (χ0) is 26.2. The van der Waals surface area contributed by atoms with Gasteiger partial charge in [-0.1, -0.05) is 39.0 Å². The molecule has 0 bridgehead atoms. The fraction of sp³-hybridized carbons (Fsp3) is 0.414. The minimum Gasteiger partial charge on any atom is -0.348 e. The highest BCUT2D eigenvalue weighted by Crippen LogP contribution is 2.40. The van der Waals surface area contributed by atoms with Gasteiger partial charge < -0.3 is 10.2 Å². The highest BCUT2D eigenvalue weighted by Gasteiger charge is 2.30. The van der Waals surface area contributed by atoms with E-state index < -0.39 is 9.84 Å². The first-order valence-electron chi connectivity index (χ1n) is 13.0. The lowest BCUT2D eigenvalue weighted by molar-refractivity contribution is 0.0950.